The molecule has 0 saturated carbocycles. The van der Waals surface area contributed by atoms with E-state index in [9.17, 15) is 0 Å². The molecule has 2 aliphatic heterocycles. The molecule has 196 valence electrons. The summed E-state index contributed by atoms with van der Waals surface area (Å²) in [5.41, 5.74) is 7.40. The Morgan fingerprint density at radius 3 is 2.00 bits per heavy atom. The van der Waals surface area contributed by atoms with Crippen LogP contribution in [0.2, 0.25) is 36.3 Å². The summed E-state index contributed by atoms with van der Waals surface area (Å²) in [4.78, 5) is 15.6. The summed E-state index contributed by atoms with van der Waals surface area (Å²) < 4.78 is 23.4. The molecule has 0 radical (unpaired) electrons. The normalized spacial score (nSPS) is 25.5. The predicted molar refractivity (Wildman–Crippen MR) is 144 cm³/mol. The third-order valence-electron chi connectivity index (χ3n) is 8.56. The molecule has 0 bridgehead atoms. The first kappa shape index (κ1) is 26.7. The highest BCUT2D eigenvalue weighted by atomic mass is 28.4. The van der Waals surface area contributed by atoms with Crippen LogP contribution in [0.15, 0.2) is 12.7 Å². The molecule has 0 aliphatic carbocycles. The van der Waals surface area contributed by atoms with Crippen LogP contribution in [-0.2, 0) is 13.6 Å². The van der Waals surface area contributed by atoms with Gasteiger partial charge in [0.05, 0.1) is 6.33 Å². The van der Waals surface area contributed by atoms with E-state index in [0.29, 0.717) is 17.0 Å². The molecule has 0 spiro atoms. The number of rotatable bonds is 13. The lowest BCUT2D eigenvalue weighted by Crippen LogP contribution is -2.52. The topological polar surface area (TPSA) is 100 Å². The van der Waals surface area contributed by atoms with Gasteiger partial charge < -0.3 is 19.3 Å². The lowest BCUT2D eigenvalue weighted by Gasteiger charge is -2.39. The number of nitrogen functional groups attached to an aromatic ring is 1. The van der Waals surface area contributed by atoms with Crippen LogP contribution in [0.3, 0.4) is 0 Å². The number of anilines is 1. The van der Waals surface area contributed by atoms with Gasteiger partial charge in [0.1, 0.15) is 30.2 Å². The predicted octanol–water partition coefficient (Wildman–Crippen LogP) is 4.40. The number of aromatic nitrogens is 4. The number of hydrogen-bond donors (Lipinski definition) is 1. The summed E-state index contributed by atoms with van der Waals surface area (Å²) in [5.74, 6) is 0.381. The minimum Gasteiger partial charge on any atom is -0.408 e. The van der Waals surface area contributed by atoms with Crippen molar-refractivity contribution in [3.8, 4) is 0 Å². The zero-order valence-electron chi connectivity index (χ0n) is 22.4. The molecular formula is C24H44N6O3Si2. The molecule has 0 aromatic carbocycles. The van der Waals surface area contributed by atoms with Crippen LogP contribution in [-0.4, -0.2) is 79.0 Å². The number of ether oxygens (including phenoxy) is 1. The first-order valence-corrected chi connectivity index (χ1v) is 18.6. The molecule has 0 amide bonds. The Morgan fingerprint density at radius 1 is 0.886 bits per heavy atom. The smallest absolute Gasteiger partial charge is 0.192 e. The van der Waals surface area contributed by atoms with Crippen molar-refractivity contribution in [1.82, 2.24) is 24.4 Å². The Hall–Kier alpha value is -1.38. The maximum atomic E-state index is 7.26. The van der Waals surface area contributed by atoms with E-state index in [4.69, 9.17) is 19.3 Å². The molecule has 35 heavy (non-hydrogen) atoms. The fraction of sp³-hybridized carbons (Fsp3) is 0.792. The minimum atomic E-state index is -1.97. The van der Waals surface area contributed by atoms with Gasteiger partial charge in [-0.2, -0.15) is 0 Å². The quantitative estimate of drug-likeness (QED) is 0.306. The maximum absolute atomic E-state index is 7.26. The van der Waals surface area contributed by atoms with Gasteiger partial charge in [-0.3, -0.25) is 9.47 Å². The van der Waals surface area contributed by atoms with E-state index >= 15 is 0 Å². The fourth-order valence-electron chi connectivity index (χ4n) is 5.49. The Kier molecular flexibility index (Phi) is 8.34. The Balaban J connectivity index is 1.79. The molecule has 2 aliphatic rings. The number of nitrogens with zero attached hydrogens (tertiary/aromatic N) is 5. The SMILES string of the molecule is CC[Si](CC)(CC)O[C@@H]1[C@H](O[Si](CC)(CC)CC)[C@@H](CN2CC2)O[C@H]1n1cnc2c(N)ncnc21. The van der Waals surface area contributed by atoms with Crippen LogP contribution >= 0.6 is 0 Å². The van der Waals surface area contributed by atoms with E-state index < -0.39 is 16.6 Å². The highest BCUT2D eigenvalue weighted by Crippen LogP contribution is 2.42. The summed E-state index contributed by atoms with van der Waals surface area (Å²) in [6.45, 7) is 16.8. The molecule has 0 unspecified atom stereocenters. The van der Waals surface area contributed by atoms with Gasteiger partial charge in [0, 0.05) is 19.6 Å². The average molecular weight is 521 g/mol. The van der Waals surface area contributed by atoms with Crippen LogP contribution in [0, 0.1) is 0 Å². The second-order valence-corrected chi connectivity index (χ2v) is 19.5. The van der Waals surface area contributed by atoms with E-state index in [1.54, 1.807) is 6.33 Å². The Morgan fingerprint density at radius 2 is 1.46 bits per heavy atom. The molecule has 2 N–H and O–H groups in total. The van der Waals surface area contributed by atoms with Gasteiger partial charge in [-0.15, -0.1) is 0 Å². The maximum Gasteiger partial charge on any atom is 0.192 e. The summed E-state index contributed by atoms with van der Waals surface area (Å²) in [5, 5.41) is 0. The van der Waals surface area contributed by atoms with Crippen molar-refractivity contribution in [2.75, 3.05) is 25.4 Å². The molecule has 4 atom stereocenters. The van der Waals surface area contributed by atoms with Crippen molar-refractivity contribution in [2.45, 2.75) is 102 Å². The lowest BCUT2D eigenvalue weighted by atomic mass is 10.1. The van der Waals surface area contributed by atoms with Crippen LogP contribution in [0.1, 0.15) is 47.8 Å². The largest absolute Gasteiger partial charge is 0.408 e. The number of fused-ring (bicyclic) bond motifs is 1. The van der Waals surface area contributed by atoms with Gasteiger partial charge in [0.2, 0.25) is 0 Å². The average Bonchev–Trinajstić information content (AvgIpc) is 3.51. The van der Waals surface area contributed by atoms with Crippen molar-refractivity contribution >= 4 is 33.6 Å². The van der Waals surface area contributed by atoms with Gasteiger partial charge in [0.25, 0.3) is 0 Å². The van der Waals surface area contributed by atoms with E-state index in [0.717, 1.165) is 55.9 Å². The zero-order chi connectivity index (χ0) is 25.2. The standard InChI is InChI=1S/C24H44N6O3Si2/c1-7-34(8-2,9-3)32-20-18(15-29-13-14-29)31-24(21(20)33-35(10-4,11-5)12-6)30-17-28-19-22(25)26-16-27-23(19)30/h16-18,20-21,24H,7-15H2,1-6H3,(H2,25,26,27)/t18-,20-,21-,24-/m1/s1. The van der Waals surface area contributed by atoms with Gasteiger partial charge in [-0.25, -0.2) is 15.0 Å². The molecule has 9 nitrogen and oxygen atoms in total. The summed E-state index contributed by atoms with van der Waals surface area (Å²) in [6, 6.07) is 6.51. The highest BCUT2D eigenvalue weighted by molar-refractivity contribution is 6.74. The Labute approximate surface area is 212 Å². The zero-order valence-corrected chi connectivity index (χ0v) is 24.4. The van der Waals surface area contributed by atoms with Crippen molar-refractivity contribution in [3.05, 3.63) is 12.7 Å². The summed E-state index contributed by atoms with van der Waals surface area (Å²) >= 11 is 0. The van der Waals surface area contributed by atoms with Crippen LogP contribution in [0.5, 0.6) is 0 Å². The molecule has 11 heteroatoms. The summed E-state index contributed by atoms with van der Waals surface area (Å²) in [7, 11) is -3.88. The van der Waals surface area contributed by atoms with Gasteiger partial charge in [-0.1, -0.05) is 41.5 Å². The molecule has 2 fully saturated rings. The van der Waals surface area contributed by atoms with Gasteiger partial charge >= 0.3 is 0 Å². The first-order chi connectivity index (χ1) is 16.9. The van der Waals surface area contributed by atoms with Crippen molar-refractivity contribution < 1.29 is 13.6 Å². The van der Waals surface area contributed by atoms with Crippen molar-refractivity contribution in [1.29, 1.82) is 0 Å². The fourth-order valence-corrected chi connectivity index (χ4v) is 11.2. The third kappa shape index (κ3) is 5.21. The minimum absolute atomic E-state index is 0.0575. The highest BCUT2D eigenvalue weighted by Gasteiger charge is 2.53. The van der Waals surface area contributed by atoms with E-state index in [-0.39, 0.29) is 24.5 Å². The monoisotopic (exact) mass is 520 g/mol. The van der Waals surface area contributed by atoms with Gasteiger partial charge in [0.15, 0.2) is 34.3 Å². The first-order valence-electron chi connectivity index (χ1n) is 13.5. The molecule has 2 aromatic rings. The van der Waals surface area contributed by atoms with E-state index in [1.165, 1.54) is 6.33 Å². The van der Waals surface area contributed by atoms with E-state index in [2.05, 4.69) is 61.4 Å². The lowest BCUT2D eigenvalue weighted by molar-refractivity contribution is -0.0343. The second kappa shape index (κ2) is 10.9. The number of hydrogen-bond acceptors (Lipinski definition) is 8. The van der Waals surface area contributed by atoms with Crippen LogP contribution < -0.4 is 5.73 Å². The molecule has 2 aromatic heterocycles. The molecule has 4 rings (SSSR count). The molecule has 2 saturated heterocycles. The third-order valence-corrected chi connectivity index (χ3v) is 17.8. The molecule has 4 heterocycles. The number of nitrogens with two attached hydrogens (primary N) is 1. The van der Waals surface area contributed by atoms with Crippen LogP contribution in [0.25, 0.3) is 11.2 Å². The summed E-state index contributed by atoms with van der Waals surface area (Å²) in [6.07, 6.45) is 2.53. The van der Waals surface area contributed by atoms with Gasteiger partial charge in [-0.05, 0) is 36.3 Å². The number of imidazole rings is 1. The van der Waals surface area contributed by atoms with E-state index in [1.807, 2.05) is 4.57 Å². The Bertz CT molecular complexity index is 963. The van der Waals surface area contributed by atoms with Crippen molar-refractivity contribution in [2.24, 2.45) is 0 Å². The molecular weight excluding hydrogens is 476 g/mol. The van der Waals surface area contributed by atoms with Crippen molar-refractivity contribution in [3.63, 3.8) is 0 Å². The van der Waals surface area contributed by atoms with Crippen LogP contribution in [0.4, 0.5) is 5.82 Å². The second-order valence-electron chi connectivity index (χ2n) is 10.1.